The number of amides is 1. The van der Waals surface area contributed by atoms with Crippen LogP contribution in [-0.2, 0) is 11.8 Å². The predicted octanol–water partition coefficient (Wildman–Crippen LogP) is 2.74. The van der Waals surface area contributed by atoms with Gasteiger partial charge in [-0.2, -0.15) is 0 Å². The molecule has 2 aromatic rings. The first-order valence-electron chi connectivity index (χ1n) is 8.96. The number of nitrogens with zero attached hydrogens (tertiary/aromatic N) is 4. The number of likely N-dealkylation sites (N-methyl/N-ethyl adjacent to an activating group) is 1. The molecule has 0 bridgehead atoms. The van der Waals surface area contributed by atoms with E-state index in [4.69, 9.17) is 0 Å². The van der Waals surface area contributed by atoms with Gasteiger partial charge in [0.2, 0.25) is 5.91 Å². The SMILES string of the molecule is Cc1cccc([C@@H](C(=O)N2CCC(c3nccn3C)CC2)N(C)C)c1. The smallest absolute Gasteiger partial charge is 0.244 e. The lowest BCUT2D eigenvalue weighted by Gasteiger charge is -2.36. The van der Waals surface area contributed by atoms with Crippen molar-refractivity contribution in [3.63, 3.8) is 0 Å². The molecule has 0 saturated carbocycles. The quantitative estimate of drug-likeness (QED) is 0.859. The first-order chi connectivity index (χ1) is 12.0. The van der Waals surface area contributed by atoms with Gasteiger partial charge < -0.3 is 9.47 Å². The Kier molecular flexibility index (Phi) is 5.23. The topological polar surface area (TPSA) is 41.4 Å². The van der Waals surface area contributed by atoms with E-state index in [1.807, 2.05) is 49.4 Å². The van der Waals surface area contributed by atoms with E-state index in [2.05, 4.69) is 34.7 Å². The number of rotatable bonds is 4. The van der Waals surface area contributed by atoms with Crippen molar-refractivity contribution in [2.24, 2.45) is 7.05 Å². The van der Waals surface area contributed by atoms with Crippen LogP contribution in [0, 0.1) is 6.92 Å². The van der Waals surface area contributed by atoms with Gasteiger partial charge >= 0.3 is 0 Å². The van der Waals surface area contributed by atoms with Gasteiger partial charge in [-0.3, -0.25) is 9.69 Å². The van der Waals surface area contributed by atoms with Gasteiger partial charge in [0.1, 0.15) is 11.9 Å². The molecule has 1 aliphatic heterocycles. The molecule has 0 unspecified atom stereocenters. The third-order valence-electron chi connectivity index (χ3n) is 5.14. The monoisotopic (exact) mass is 340 g/mol. The zero-order chi connectivity index (χ0) is 18.0. The van der Waals surface area contributed by atoms with Crippen LogP contribution in [0.5, 0.6) is 0 Å². The van der Waals surface area contributed by atoms with Gasteiger partial charge in [-0.15, -0.1) is 0 Å². The van der Waals surface area contributed by atoms with Crippen LogP contribution in [0.3, 0.4) is 0 Å². The van der Waals surface area contributed by atoms with Gasteiger partial charge in [-0.1, -0.05) is 29.8 Å². The number of aromatic nitrogens is 2. The molecule has 5 heteroatoms. The highest BCUT2D eigenvalue weighted by Crippen LogP contribution is 2.29. The highest BCUT2D eigenvalue weighted by Gasteiger charge is 2.31. The molecule has 5 nitrogen and oxygen atoms in total. The molecular weight excluding hydrogens is 312 g/mol. The number of carbonyl (C=O) groups excluding carboxylic acids is 1. The molecule has 1 saturated heterocycles. The highest BCUT2D eigenvalue weighted by atomic mass is 16.2. The maximum atomic E-state index is 13.2. The summed E-state index contributed by atoms with van der Waals surface area (Å²) in [5, 5.41) is 0. The molecule has 1 aromatic heterocycles. The molecule has 1 aromatic carbocycles. The predicted molar refractivity (Wildman–Crippen MR) is 99.4 cm³/mol. The Labute approximate surface area is 150 Å². The van der Waals surface area contributed by atoms with E-state index < -0.39 is 0 Å². The summed E-state index contributed by atoms with van der Waals surface area (Å²) >= 11 is 0. The largest absolute Gasteiger partial charge is 0.341 e. The molecule has 0 N–H and O–H groups in total. The molecule has 1 aliphatic rings. The van der Waals surface area contributed by atoms with Crippen molar-refractivity contribution in [2.45, 2.75) is 31.7 Å². The summed E-state index contributed by atoms with van der Waals surface area (Å²) in [6, 6.07) is 8.05. The van der Waals surface area contributed by atoms with Crippen molar-refractivity contribution < 1.29 is 4.79 Å². The first kappa shape index (κ1) is 17.7. The van der Waals surface area contributed by atoms with Gasteiger partial charge in [-0.25, -0.2) is 4.98 Å². The van der Waals surface area contributed by atoms with Gasteiger partial charge in [0.05, 0.1) is 0 Å². The molecule has 134 valence electrons. The van der Waals surface area contributed by atoms with E-state index in [0.29, 0.717) is 5.92 Å². The minimum Gasteiger partial charge on any atom is -0.341 e. The fourth-order valence-corrected chi connectivity index (χ4v) is 3.80. The molecular formula is C20H28N4O. The van der Waals surface area contributed by atoms with E-state index in [9.17, 15) is 4.79 Å². The molecule has 1 atom stereocenters. The Morgan fingerprint density at radius 3 is 2.56 bits per heavy atom. The number of hydrogen-bond donors (Lipinski definition) is 0. The second kappa shape index (κ2) is 7.40. The Bertz CT molecular complexity index is 729. The average molecular weight is 340 g/mol. The summed E-state index contributed by atoms with van der Waals surface area (Å²) in [6.07, 6.45) is 5.80. The summed E-state index contributed by atoms with van der Waals surface area (Å²) < 4.78 is 2.09. The van der Waals surface area contributed by atoms with E-state index in [1.54, 1.807) is 0 Å². The Morgan fingerprint density at radius 1 is 1.28 bits per heavy atom. The fraction of sp³-hybridized carbons (Fsp3) is 0.500. The van der Waals surface area contributed by atoms with Crippen molar-refractivity contribution in [3.05, 3.63) is 53.6 Å². The van der Waals surface area contributed by atoms with Crippen LogP contribution in [0.1, 0.15) is 41.8 Å². The van der Waals surface area contributed by atoms with Crippen LogP contribution >= 0.6 is 0 Å². The third kappa shape index (κ3) is 3.76. The summed E-state index contributed by atoms with van der Waals surface area (Å²) in [5.41, 5.74) is 2.26. The van der Waals surface area contributed by atoms with Crippen LogP contribution in [0.4, 0.5) is 0 Å². The Morgan fingerprint density at radius 2 is 2.00 bits per heavy atom. The fourth-order valence-electron chi connectivity index (χ4n) is 3.80. The van der Waals surface area contributed by atoms with Crippen LogP contribution < -0.4 is 0 Å². The highest BCUT2D eigenvalue weighted by molar-refractivity contribution is 5.83. The minimum atomic E-state index is -0.218. The number of imidazole rings is 1. The minimum absolute atomic E-state index is 0.203. The van der Waals surface area contributed by atoms with Crippen LogP contribution in [0.2, 0.25) is 0 Å². The second-order valence-corrected chi connectivity index (χ2v) is 7.28. The second-order valence-electron chi connectivity index (χ2n) is 7.28. The normalized spacial score (nSPS) is 17.1. The summed E-state index contributed by atoms with van der Waals surface area (Å²) in [7, 11) is 6.00. The number of hydrogen-bond acceptors (Lipinski definition) is 3. The summed E-state index contributed by atoms with van der Waals surface area (Å²) in [6.45, 7) is 3.66. The van der Waals surface area contributed by atoms with E-state index in [1.165, 1.54) is 5.56 Å². The van der Waals surface area contributed by atoms with Gasteiger partial charge in [0.15, 0.2) is 0 Å². The number of aryl methyl sites for hydroxylation is 2. The number of benzene rings is 1. The van der Waals surface area contributed by atoms with Crippen LogP contribution in [0.25, 0.3) is 0 Å². The van der Waals surface area contributed by atoms with Gasteiger partial charge in [-0.05, 0) is 39.4 Å². The van der Waals surface area contributed by atoms with E-state index >= 15 is 0 Å². The maximum Gasteiger partial charge on any atom is 0.244 e. The maximum absolute atomic E-state index is 13.2. The lowest BCUT2D eigenvalue weighted by molar-refractivity contribution is -0.137. The number of piperidine rings is 1. The zero-order valence-corrected chi connectivity index (χ0v) is 15.6. The molecule has 3 rings (SSSR count). The molecule has 0 aliphatic carbocycles. The van der Waals surface area contributed by atoms with Crippen molar-refractivity contribution >= 4 is 5.91 Å². The molecule has 1 fully saturated rings. The molecule has 1 amide bonds. The first-order valence-corrected chi connectivity index (χ1v) is 8.96. The van der Waals surface area contributed by atoms with E-state index in [0.717, 1.165) is 37.3 Å². The van der Waals surface area contributed by atoms with Gasteiger partial charge in [0.25, 0.3) is 0 Å². The Hall–Kier alpha value is -2.14. The van der Waals surface area contributed by atoms with Crippen molar-refractivity contribution in [1.29, 1.82) is 0 Å². The van der Waals surface area contributed by atoms with Crippen molar-refractivity contribution in [1.82, 2.24) is 19.4 Å². The molecule has 0 radical (unpaired) electrons. The van der Waals surface area contributed by atoms with Gasteiger partial charge in [0, 0.05) is 38.4 Å². The zero-order valence-electron chi connectivity index (χ0n) is 15.6. The summed E-state index contributed by atoms with van der Waals surface area (Å²) in [4.78, 5) is 21.7. The molecule has 25 heavy (non-hydrogen) atoms. The molecule has 2 heterocycles. The third-order valence-corrected chi connectivity index (χ3v) is 5.14. The number of carbonyl (C=O) groups is 1. The average Bonchev–Trinajstić information content (AvgIpc) is 3.01. The Balaban J connectivity index is 1.71. The summed E-state index contributed by atoms with van der Waals surface area (Å²) in [5.74, 6) is 1.78. The standard InChI is InChI=1S/C20H28N4O/c1-15-6-5-7-17(14-15)18(22(2)3)20(25)24-11-8-16(9-12-24)19-21-10-13-23(19)4/h5-7,10,13-14,16,18H,8-9,11-12H2,1-4H3/t18-/m0/s1. The van der Waals surface area contributed by atoms with Crippen LogP contribution in [-0.4, -0.2) is 52.4 Å². The van der Waals surface area contributed by atoms with Crippen LogP contribution in [0.15, 0.2) is 36.7 Å². The molecule has 0 spiro atoms. The number of likely N-dealkylation sites (tertiary alicyclic amines) is 1. The van der Waals surface area contributed by atoms with E-state index in [-0.39, 0.29) is 11.9 Å². The lowest BCUT2D eigenvalue weighted by Crippen LogP contribution is -2.44. The van der Waals surface area contributed by atoms with Crippen molar-refractivity contribution in [2.75, 3.05) is 27.2 Å². The van der Waals surface area contributed by atoms with Crippen molar-refractivity contribution in [3.8, 4) is 0 Å². The lowest BCUT2D eigenvalue weighted by atomic mass is 9.94.